The monoisotopic (exact) mass is 277 g/mol. The molecule has 6 nitrogen and oxygen atoms in total. The molecule has 0 saturated carbocycles. The van der Waals surface area contributed by atoms with E-state index in [-0.39, 0.29) is 24.7 Å². The Hall–Kier alpha value is -2.50. The second-order valence-corrected chi connectivity index (χ2v) is 4.02. The van der Waals surface area contributed by atoms with Gasteiger partial charge < -0.3 is 19.3 Å². The van der Waals surface area contributed by atoms with Crippen LogP contribution in [0.1, 0.15) is 13.8 Å². The molecule has 0 radical (unpaired) electrons. The van der Waals surface area contributed by atoms with Crippen LogP contribution in [-0.4, -0.2) is 30.7 Å². The van der Waals surface area contributed by atoms with E-state index in [2.05, 4.69) is 4.99 Å². The van der Waals surface area contributed by atoms with E-state index in [4.69, 9.17) is 14.2 Å². The predicted octanol–water partition coefficient (Wildman–Crippen LogP) is 2.51. The second kappa shape index (κ2) is 6.10. The summed E-state index contributed by atoms with van der Waals surface area (Å²) in [7, 11) is 0. The molecule has 0 unspecified atom stereocenters. The first-order valence-corrected chi connectivity index (χ1v) is 6.12. The summed E-state index contributed by atoms with van der Waals surface area (Å²) in [4.78, 5) is 15.7. The van der Waals surface area contributed by atoms with Crippen LogP contribution < -0.4 is 9.47 Å². The number of fused-ring (bicyclic) bond motifs is 1. The van der Waals surface area contributed by atoms with Crippen LogP contribution in [0.5, 0.6) is 11.5 Å². The van der Waals surface area contributed by atoms with Crippen molar-refractivity contribution in [2.45, 2.75) is 13.8 Å². The molecule has 0 fully saturated rings. The summed E-state index contributed by atoms with van der Waals surface area (Å²) in [5.74, 6) is 0.496. The van der Waals surface area contributed by atoms with E-state index >= 15 is 0 Å². The second-order valence-electron chi connectivity index (χ2n) is 4.02. The molecule has 1 N–H and O–H groups in total. The third kappa shape index (κ3) is 3.09. The maximum atomic E-state index is 11.6. The van der Waals surface area contributed by atoms with Crippen molar-refractivity contribution >= 4 is 17.9 Å². The molecule has 2 rings (SSSR count). The summed E-state index contributed by atoms with van der Waals surface area (Å²) in [5, 5.41) is 9.48. The van der Waals surface area contributed by atoms with Crippen molar-refractivity contribution in [3.8, 4) is 11.5 Å². The van der Waals surface area contributed by atoms with Gasteiger partial charge in [-0.25, -0.2) is 4.79 Å². The van der Waals surface area contributed by atoms with Crippen LogP contribution in [-0.2, 0) is 9.53 Å². The molecular weight excluding hydrogens is 262 g/mol. The highest BCUT2D eigenvalue weighted by atomic mass is 16.7. The third-order valence-electron chi connectivity index (χ3n) is 2.58. The highest BCUT2D eigenvalue weighted by molar-refractivity contribution is 6.10. The Morgan fingerprint density at radius 3 is 2.90 bits per heavy atom. The molecule has 0 saturated heterocycles. The van der Waals surface area contributed by atoms with E-state index in [1.165, 1.54) is 13.1 Å². The third-order valence-corrected chi connectivity index (χ3v) is 2.58. The molecule has 1 heterocycles. The number of rotatable bonds is 4. The zero-order valence-corrected chi connectivity index (χ0v) is 11.3. The van der Waals surface area contributed by atoms with Gasteiger partial charge in [-0.2, -0.15) is 0 Å². The number of hydrogen-bond donors (Lipinski definition) is 1. The van der Waals surface area contributed by atoms with Gasteiger partial charge in [0.2, 0.25) is 6.79 Å². The van der Waals surface area contributed by atoms with E-state index in [9.17, 15) is 9.90 Å². The summed E-state index contributed by atoms with van der Waals surface area (Å²) in [5.41, 5.74) is 0.599. The molecule has 0 bridgehead atoms. The van der Waals surface area contributed by atoms with Crippen molar-refractivity contribution in [3.05, 3.63) is 29.5 Å². The van der Waals surface area contributed by atoms with Crippen molar-refractivity contribution in [3.63, 3.8) is 0 Å². The molecule has 1 aliphatic heterocycles. The number of carbonyl (C=O) groups is 1. The van der Waals surface area contributed by atoms with Crippen LogP contribution in [0.4, 0.5) is 5.69 Å². The molecule has 1 aromatic carbocycles. The molecule has 0 amide bonds. The first-order valence-electron chi connectivity index (χ1n) is 6.12. The van der Waals surface area contributed by atoms with Crippen molar-refractivity contribution in [2.24, 2.45) is 4.99 Å². The standard InChI is InChI=1S/C14H15NO5/c1-3-18-14(17)11(9(2)16)7-15-10-4-5-12-13(6-10)20-8-19-12/h4-7,16H,3,8H2,1-2H3/b11-9-,15-7?. The summed E-state index contributed by atoms with van der Waals surface area (Å²) in [6, 6.07) is 5.14. The minimum atomic E-state index is -0.614. The molecule has 0 aromatic heterocycles. The summed E-state index contributed by atoms with van der Waals surface area (Å²) in [6.07, 6.45) is 1.27. The first kappa shape index (κ1) is 13.9. The lowest BCUT2D eigenvalue weighted by atomic mass is 10.2. The molecule has 0 atom stereocenters. The number of ether oxygens (including phenoxy) is 3. The number of nitrogens with zero attached hydrogens (tertiary/aromatic N) is 1. The molecule has 106 valence electrons. The van der Waals surface area contributed by atoms with Gasteiger partial charge in [-0.1, -0.05) is 0 Å². The van der Waals surface area contributed by atoms with Crippen molar-refractivity contribution in [1.29, 1.82) is 0 Å². The maximum absolute atomic E-state index is 11.6. The molecule has 0 spiro atoms. The topological polar surface area (TPSA) is 77.4 Å². The van der Waals surface area contributed by atoms with Crippen molar-refractivity contribution in [2.75, 3.05) is 13.4 Å². The number of hydrogen-bond acceptors (Lipinski definition) is 6. The van der Waals surface area contributed by atoms with Gasteiger partial charge in [0, 0.05) is 12.3 Å². The van der Waals surface area contributed by atoms with Gasteiger partial charge in [0.1, 0.15) is 11.3 Å². The largest absolute Gasteiger partial charge is 0.512 e. The zero-order chi connectivity index (χ0) is 14.5. The summed E-state index contributed by atoms with van der Waals surface area (Å²) < 4.78 is 15.3. The normalized spacial score (nSPS) is 14.3. The molecule has 1 aromatic rings. The van der Waals surface area contributed by atoms with Crippen LogP contribution in [0.15, 0.2) is 34.5 Å². The zero-order valence-electron chi connectivity index (χ0n) is 11.3. The first-order chi connectivity index (χ1) is 9.61. The molecular formula is C14H15NO5. The molecule has 6 heteroatoms. The minimum Gasteiger partial charge on any atom is -0.512 e. The van der Waals surface area contributed by atoms with Gasteiger partial charge in [0.15, 0.2) is 11.5 Å². The van der Waals surface area contributed by atoms with E-state index in [0.29, 0.717) is 17.2 Å². The molecule has 1 aliphatic rings. The van der Waals surface area contributed by atoms with Crippen LogP contribution in [0.3, 0.4) is 0 Å². The average Bonchev–Trinajstić information content (AvgIpc) is 2.86. The van der Waals surface area contributed by atoms with Crippen molar-refractivity contribution in [1.82, 2.24) is 0 Å². The van der Waals surface area contributed by atoms with E-state index in [1.54, 1.807) is 25.1 Å². The predicted molar refractivity (Wildman–Crippen MR) is 72.7 cm³/mol. The number of carbonyl (C=O) groups excluding carboxylic acids is 1. The number of aliphatic hydroxyl groups is 1. The van der Waals surface area contributed by atoms with Gasteiger partial charge >= 0.3 is 5.97 Å². The SMILES string of the molecule is CCOC(=O)/C(C=Nc1ccc2c(c1)OCO2)=C(/C)O. The van der Waals surface area contributed by atoms with Gasteiger partial charge in [0.25, 0.3) is 0 Å². The fourth-order valence-electron chi connectivity index (χ4n) is 1.61. The minimum absolute atomic E-state index is 0.0181. The number of allylic oxidation sites excluding steroid dienone is 1. The van der Waals surface area contributed by atoms with E-state index in [1.807, 2.05) is 0 Å². The highest BCUT2D eigenvalue weighted by Crippen LogP contribution is 2.35. The lowest BCUT2D eigenvalue weighted by Crippen LogP contribution is -2.10. The van der Waals surface area contributed by atoms with E-state index in [0.717, 1.165) is 0 Å². The highest BCUT2D eigenvalue weighted by Gasteiger charge is 2.14. The number of aliphatic hydroxyl groups excluding tert-OH is 1. The molecule has 20 heavy (non-hydrogen) atoms. The van der Waals surface area contributed by atoms with Crippen LogP contribution >= 0.6 is 0 Å². The van der Waals surface area contributed by atoms with Gasteiger partial charge in [-0.15, -0.1) is 0 Å². The number of esters is 1. The van der Waals surface area contributed by atoms with Crippen molar-refractivity contribution < 1.29 is 24.1 Å². The Morgan fingerprint density at radius 1 is 1.45 bits per heavy atom. The van der Waals surface area contributed by atoms with Gasteiger partial charge in [-0.05, 0) is 26.0 Å². The van der Waals surface area contributed by atoms with Crippen LogP contribution in [0.25, 0.3) is 0 Å². The smallest absolute Gasteiger partial charge is 0.343 e. The number of benzene rings is 1. The lowest BCUT2D eigenvalue weighted by Gasteiger charge is -2.03. The Kier molecular flexibility index (Phi) is 4.24. The quantitative estimate of drug-likeness (QED) is 0.396. The Balaban J connectivity index is 2.19. The summed E-state index contributed by atoms with van der Waals surface area (Å²) in [6.45, 7) is 3.51. The van der Waals surface area contributed by atoms with E-state index < -0.39 is 5.97 Å². The fourth-order valence-corrected chi connectivity index (χ4v) is 1.61. The Morgan fingerprint density at radius 2 is 2.20 bits per heavy atom. The van der Waals surface area contributed by atoms with Gasteiger partial charge in [0.05, 0.1) is 12.3 Å². The fraction of sp³-hybridized carbons (Fsp3) is 0.286. The maximum Gasteiger partial charge on any atom is 0.343 e. The Bertz CT molecular complexity index is 573. The average molecular weight is 277 g/mol. The Labute approximate surface area is 116 Å². The van der Waals surface area contributed by atoms with Gasteiger partial charge in [-0.3, -0.25) is 4.99 Å². The summed E-state index contributed by atoms with van der Waals surface area (Å²) >= 11 is 0. The van der Waals surface area contributed by atoms with Crippen LogP contribution in [0, 0.1) is 0 Å². The van der Waals surface area contributed by atoms with Crippen LogP contribution in [0.2, 0.25) is 0 Å². The lowest BCUT2D eigenvalue weighted by molar-refractivity contribution is -0.138. The molecule has 0 aliphatic carbocycles. The number of aliphatic imine (C=N–C) groups is 1.